The number of aryl methyl sites for hydroxylation is 1. The number of hydrogen-bond acceptors (Lipinski definition) is 4. The summed E-state index contributed by atoms with van der Waals surface area (Å²) in [7, 11) is 0. The molecule has 0 saturated heterocycles. The predicted octanol–water partition coefficient (Wildman–Crippen LogP) is 2.65. The van der Waals surface area contributed by atoms with Crippen LogP contribution < -0.4 is 15.0 Å². The number of furan rings is 1. The van der Waals surface area contributed by atoms with Crippen molar-refractivity contribution < 1.29 is 18.7 Å². The van der Waals surface area contributed by atoms with Gasteiger partial charge in [0.25, 0.3) is 11.8 Å². The largest absolute Gasteiger partial charge is 0.482 e. The van der Waals surface area contributed by atoms with Crippen molar-refractivity contribution in [2.24, 2.45) is 0 Å². The quantitative estimate of drug-likeness (QED) is 0.916. The molecule has 0 bridgehead atoms. The molecule has 1 aromatic carbocycles. The summed E-state index contributed by atoms with van der Waals surface area (Å²) in [6.45, 7) is 4.81. The van der Waals surface area contributed by atoms with Crippen LogP contribution in [-0.4, -0.2) is 25.0 Å². The number of hydrogen-bond donors (Lipinski definition) is 1. The van der Waals surface area contributed by atoms with Gasteiger partial charge in [0.2, 0.25) is 0 Å². The van der Waals surface area contributed by atoms with Gasteiger partial charge in [-0.1, -0.05) is 13.0 Å². The Morgan fingerprint density at radius 3 is 2.92 bits per heavy atom. The van der Waals surface area contributed by atoms with Crippen molar-refractivity contribution >= 4 is 17.5 Å². The van der Waals surface area contributed by atoms with E-state index in [2.05, 4.69) is 5.32 Å². The highest BCUT2D eigenvalue weighted by Crippen LogP contribution is 2.34. The van der Waals surface area contributed by atoms with Gasteiger partial charge in [-0.2, -0.15) is 0 Å². The summed E-state index contributed by atoms with van der Waals surface area (Å²) in [5, 5.41) is 2.76. The summed E-state index contributed by atoms with van der Waals surface area (Å²) in [5.41, 5.74) is 1.76. The van der Waals surface area contributed by atoms with E-state index in [0.717, 1.165) is 17.7 Å². The summed E-state index contributed by atoms with van der Waals surface area (Å²) >= 11 is 0. The summed E-state index contributed by atoms with van der Waals surface area (Å²) in [6, 6.07) is 9.05. The Labute approximate surface area is 140 Å². The maximum atomic E-state index is 12.2. The highest BCUT2D eigenvalue weighted by Gasteiger charge is 2.26. The monoisotopic (exact) mass is 328 g/mol. The molecule has 6 nitrogen and oxygen atoms in total. The zero-order valence-corrected chi connectivity index (χ0v) is 13.8. The van der Waals surface area contributed by atoms with E-state index in [1.165, 1.54) is 0 Å². The lowest BCUT2D eigenvalue weighted by Crippen LogP contribution is -2.38. The van der Waals surface area contributed by atoms with Crippen molar-refractivity contribution in [1.29, 1.82) is 0 Å². The van der Waals surface area contributed by atoms with Gasteiger partial charge in [0, 0.05) is 6.54 Å². The number of fused-ring (bicyclic) bond motifs is 1. The minimum atomic E-state index is -0.243. The minimum Gasteiger partial charge on any atom is -0.482 e. The van der Waals surface area contributed by atoms with Crippen LogP contribution in [0.15, 0.2) is 34.7 Å². The second-order valence-corrected chi connectivity index (χ2v) is 5.76. The van der Waals surface area contributed by atoms with Gasteiger partial charge in [-0.25, -0.2) is 0 Å². The van der Waals surface area contributed by atoms with Crippen molar-refractivity contribution in [2.75, 3.05) is 18.1 Å². The van der Waals surface area contributed by atoms with E-state index in [1.54, 1.807) is 17.0 Å². The lowest BCUT2D eigenvalue weighted by molar-refractivity contribution is -0.121. The van der Waals surface area contributed by atoms with Crippen LogP contribution in [0.3, 0.4) is 0 Å². The number of carbonyl (C=O) groups is 2. The number of amides is 2. The second-order valence-electron chi connectivity index (χ2n) is 5.76. The molecule has 1 N–H and O–H groups in total. The summed E-state index contributed by atoms with van der Waals surface area (Å²) in [5.74, 6) is 1.10. The topological polar surface area (TPSA) is 71.8 Å². The molecule has 2 amide bonds. The third-order valence-electron chi connectivity index (χ3n) is 3.79. The maximum Gasteiger partial charge on any atom is 0.286 e. The molecular weight excluding hydrogens is 308 g/mol. The Balaban J connectivity index is 1.79. The van der Waals surface area contributed by atoms with Crippen molar-refractivity contribution in [3.63, 3.8) is 0 Å². The number of nitrogens with zero attached hydrogens (tertiary/aromatic N) is 1. The molecular formula is C18H20N2O4. The van der Waals surface area contributed by atoms with Gasteiger partial charge in [0.1, 0.15) is 11.5 Å². The van der Waals surface area contributed by atoms with E-state index in [-0.39, 0.29) is 30.7 Å². The molecule has 2 aromatic rings. The molecule has 6 heteroatoms. The normalized spacial score (nSPS) is 13.4. The third-order valence-corrected chi connectivity index (χ3v) is 3.79. The van der Waals surface area contributed by atoms with E-state index in [4.69, 9.17) is 9.15 Å². The fourth-order valence-corrected chi connectivity index (χ4v) is 2.55. The van der Waals surface area contributed by atoms with Crippen LogP contribution in [0.4, 0.5) is 5.69 Å². The molecule has 1 aromatic heterocycles. The van der Waals surface area contributed by atoms with Crippen LogP contribution in [0.1, 0.15) is 35.2 Å². The fourth-order valence-electron chi connectivity index (χ4n) is 2.55. The minimum absolute atomic E-state index is 0.000608. The van der Waals surface area contributed by atoms with Crippen molar-refractivity contribution in [3.8, 4) is 5.75 Å². The lowest BCUT2D eigenvalue weighted by Gasteiger charge is -2.29. The van der Waals surface area contributed by atoms with Gasteiger partial charge in [-0.05, 0) is 43.2 Å². The third kappa shape index (κ3) is 3.27. The lowest BCUT2D eigenvalue weighted by atomic mass is 10.1. The number of nitrogens with one attached hydrogen (secondary N) is 1. The molecule has 0 unspecified atom stereocenters. The Hall–Kier alpha value is -2.76. The van der Waals surface area contributed by atoms with Crippen LogP contribution >= 0.6 is 0 Å². The molecule has 0 aliphatic carbocycles. The van der Waals surface area contributed by atoms with Crippen LogP contribution in [0.25, 0.3) is 0 Å². The molecule has 0 atom stereocenters. The standard InChI is InChI=1S/C18H20N2O4/c1-3-8-19-18(22)16-7-5-13(24-16)10-20-14-9-12(2)4-6-15(14)23-11-17(20)21/h4-7,9H,3,8,10-11H2,1-2H3,(H,19,22). The molecule has 2 heterocycles. The van der Waals surface area contributed by atoms with Gasteiger partial charge in [-0.3, -0.25) is 14.5 Å². The van der Waals surface area contributed by atoms with Gasteiger partial charge >= 0.3 is 0 Å². The molecule has 126 valence electrons. The first-order valence-corrected chi connectivity index (χ1v) is 7.99. The van der Waals surface area contributed by atoms with Gasteiger partial charge in [0.15, 0.2) is 12.4 Å². The smallest absolute Gasteiger partial charge is 0.286 e. The maximum absolute atomic E-state index is 12.2. The van der Waals surface area contributed by atoms with Gasteiger partial charge in [0.05, 0.1) is 12.2 Å². The zero-order valence-electron chi connectivity index (χ0n) is 13.8. The van der Waals surface area contributed by atoms with E-state index in [0.29, 0.717) is 18.1 Å². The first-order chi connectivity index (χ1) is 11.6. The van der Waals surface area contributed by atoms with Gasteiger partial charge < -0.3 is 14.5 Å². The summed E-state index contributed by atoms with van der Waals surface area (Å²) in [4.78, 5) is 25.8. The van der Waals surface area contributed by atoms with Crippen LogP contribution in [0, 0.1) is 6.92 Å². The van der Waals surface area contributed by atoms with Crippen molar-refractivity contribution in [3.05, 3.63) is 47.4 Å². The SMILES string of the molecule is CCCNC(=O)c1ccc(CN2C(=O)COc3ccc(C)cc32)o1. The highest BCUT2D eigenvalue weighted by atomic mass is 16.5. The number of anilines is 1. The van der Waals surface area contributed by atoms with E-state index in [9.17, 15) is 9.59 Å². The van der Waals surface area contributed by atoms with E-state index < -0.39 is 0 Å². The molecule has 3 rings (SSSR count). The van der Waals surface area contributed by atoms with Crippen LogP contribution in [0.5, 0.6) is 5.75 Å². The number of carbonyl (C=O) groups excluding carboxylic acids is 2. The Bertz CT molecular complexity index is 766. The van der Waals surface area contributed by atoms with E-state index >= 15 is 0 Å². The molecule has 0 radical (unpaired) electrons. The van der Waals surface area contributed by atoms with Crippen LogP contribution in [-0.2, 0) is 11.3 Å². The average molecular weight is 328 g/mol. The second kappa shape index (κ2) is 6.78. The predicted molar refractivity (Wildman–Crippen MR) is 89.2 cm³/mol. The first-order valence-electron chi connectivity index (χ1n) is 7.99. The summed E-state index contributed by atoms with van der Waals surface area (Å²) < 4.78 is 11.1. The fraction of sp³-hybridized carbons (Fsp3) is 0.333. The molecule has 1 aliphatic rings. The van der Waals surface area contributed by atoms with Crippen molar-refractivity contribution in [2.45, 2.75) is 26.8 Å². The number of benzene rings is 1. The first kappa shape index (κ1) is 16.1. The summed E-state index contributed by atoms with van der Waals surface area (Å²) in [6.07, 6.45) is 0.859. The molecule has 0 saturated carbocycles. The van der Waals surface area contributed by atoms with E-state index in [1.807, 2.05) is 32.0 Å². The molecule has 1 aliphatic heterocycles. The highest BCUT2D eigenvalue weighted by molar-refractivity contribution is 5.97. The van der Waals surface area contributed by atoms with Crippen molar-refractivity contribution in [1.82, 2.24) is 5.32 Å². The molecule has 24 heavy (non-hydrogen) atoms. The molecule has 0 fully saturated rings. The Morgan fingerprint density at radius 2 is 2.12 bits per heavy atom. The number of rotatable bonds is 5. The van der Waals surface area contributed by atoms with Gasteiger partial charge in [-0.15, -0.1) is 0 Å². The van der Waals surface area contributed by atoms with Crippen LogP contribution in [0.2, 0.25) is 0 Å². The molecule has 0 spiro atoms. The number of ether oxygens (including phenoxy) is 1. The average Bonchev–Trinajstić information content (AvgIpc) is 3.04. The Kier molecular flexibility index (Phi) is 4.55. The Morgan fingerprint density at radius 1 is 1.29 bits per heavy atom. The zero-order chi connectivity index (χ0) is 17.1.